The number of sulfonamides is 1. The number of nitrogens with one attached hydrogen (secondary N) is 1. The van der Waals surface area contributed by atoms with Crippen molar-refractivity contribution in [1.29, 1.82) is 0 Å². The predicted molar refractivity (Wildman–Crippen MR) is 175 cm³/mol. The molecule has 0 aliphatic heterocycles. The average molecular weight is 648 g/mol. The fraction of sp³-hybridized carbons (Fsp3) is 0.257. The highest BCUT2D eigenvalue weighted by Gasteiger charge is 2.35. The van der Waals surface area contributed by atoms with Gasteiger partial charge in [0.2, 0.25) is 11.8 Å². The van der Waals surface area contributed by atoms with Crippen LogP contribution in [0.3, 0.4) is 0 Å². The van der Waals surface area contributed by atoms with Gasteiger partial charge in [0.25, 0.3) is 10.0 Å². The molecule has 1 N–H and O–H groups in total. The quantitative estimate of drug-likeness (QED) is 0.204. The van der Waals surface area contributed by atoms with E-state index in [-0.39, 0.29) is 29.3 Å². The Hall–Kier alpha value is -4.90. The number of benzene rings is 4. The molecule has 9 nitrogen and oxygen atoms in total. The predicted octanol–water partition coefficient (Wildman–Crippen LogP) is 5.12. The third kappa shape index (κ3) is 8.22. The first kappa shape index (κ1) is 34.0. The molecule has 1 atom stereocenters. The first-order valence-corrected chi connectivity index (χ1v) is 16.2. The smallest absolute Gasteiger partial charge is 0.264 e. The van der Waals surface area contributed by atoms with Gasteiger partial charge in [-0.05, 0) is 61.4 Å². The molecule has 0 fully saturated rings. The summed E-state index contributed by atoms with van der Waals surface area (Å²) in [4.78, 5) is 29.4. The molecule has 0 aliphatic rings. The highest BCUT2D eigenvalue weighted by atomic mass is 32.2. The number of methoxy groups -OCH3 is 2. The first-order chi connectivity index (χ1) is 22.1. The summed E-state index contributed by atoms with van der Waals surface area (Å²) in [6.45, 7) is 3.22. The fourth-order valence-electron chi connectivity index (χ4n) is 4.98. The Labute approximate surface area is 269 Å². The molecule has 0 saturated carbocycles. The third-order valence-electron chi connectivity index (χ3n) is 7.43. The van der Waals surface area contributed by atoms with E-state index in [9.17, 15) is 22.4 Å². The zero-order valence-corrected chi connectivity index (χ0v) is 27.1. The molecule has 0 aromatic heterocycles. The SMILES string of the molecule is CCNC(=O)[C@@H](Cc1ccccc1)N(Cc1ccc(F)cc1)C(=O)CN(c1ccc(OC)c(OC)c1)S(=O)(=O)c1ccc(C)cc1. The number of anilines is 1. The van der Waals surface area contributed by atoms with Crippen LogP contribution in [0, 0.1) is 12.7 Å². The molecule has 11 heteroatoms. The van der Waals surface area contributed by atoms with Gasteiger partial charge in [-0.1, -0.05) is 60.2 Å². The standard InChI is InChI=1S/C35H38FN3O6S/c1-5-37-35(41)31(21-26-9-7-6-8-10-26)38(23-27-13-15-28(36)16-14-27)34(40)24-39(29-17-20-32(44-3)33(22-29)45-4)46(42,43)30-18-11-25(2)12-19-30/h6-20,22,31H,5,21,23-24H2,1-4H3,(H,37,41)/t31-/m1/s1. The highest BCUT2D eigenvalue weighted by Crippen LogP contribution is 2.34. The lowest BCUT2D eigenvalue weighted by atomic mass is 10.0. The first-order valence-electron chi connectivity index (χ1n) is 14.7. The number of hydrogen-bond acceptors (Lipinski definition) is 6. The molecular weight excluding hydrogens is 609 g/mol. The Morgan fingerprint density at radius 1 is 0.848 bits per heavy atom. The zero-order chi connectivity index (χ0) is 33.3. The minimum atomic E-state index is -4.30. The number of carbonyl (C=O) groups is 2. The number of nitrogens with zero attached hydrogens (tertiary/aromatic N) is 2. The molecule has 0 radical (unpaired) electrons. The highest BCUT2D eigenvalue weighted by molar-refractivity contribution is 7.92. The lowest BCUT2D eigenvalue weighted by Gasteiger charge is -2.34. The lowest BCUT2D eigenvalue weighted by Crippen LogP contribution is -2.53. The van der Waals surface area contributed by atoms with Gasteiger partial charge in [-0.15, -0.1) is 0 Å². The van der Waals surface area contributed by atoms with Gasteiger partial charge in [0, 0.05) is 25.6 Å². The number of carbonyl (C=O) groups excluding carboxylic acids is 2. The molecule has 4 rings (SSSR count). The van der Waals surface area contributed by atoms with Gasteiger partial charge in [-0.2, -0.15) is 0 Å². The molecule has 46 heavy (non-hydrogen) atoms. The molecule has 0 bridgehead atoms. The molecule has 0 unspecified atom stereocenters. The van der Waals surface area contributed by atoms with Crippen LogP contribution in [0.15, 0.2) is 102 Å². The second kappa shape index (κ2) is 15.4. The maximum Gasteiger partial charge on any atom is 0.264 e. The van der Waals surface area contributed by atoms with Crippen LogP contribution in [-0.2, 0) is 32.6 Å². The van der Waals surface area contributed by atoms with Gasteiger partial charge < -0.3 is 19.7 Å². The molecule has 0 spiro atoms. The number of halogens is 1. The summed E-state index contributed by atoms with van der Waals surface area (Å²) < 4.78 is 54.0. The van der Waals surface area contributed by atoms with Crippen molar-refractivity contribution in [2.45, 2.75) is 37.8 Å². The Morgan fingerprint density at radius 3 is 2.11 bits per heavy atom. The van der Waals surface area contributed by atoms with Crippen molar-refractivity contribution in [3.63, 3.8) is 0 Å². The molecule has 0 heterocycles. The number of rotatable bonds is 14. The van der Waals surface area contributed by atoms with E-state index in [0.29, 0.717) is 17.9 Å². The second-order valence-electron chi connectivity index (χ2n) is 10.6. The number of likely N-dealkylation sites (N-methyl/N-ethyl adjacent to an activating group) is 1. The van der Waals surface area contributed by atoms with Gasteiger partial charge in [0.1, 0.15) is 18.4 Å². The third-order valence-corrected chi connectivity index (χ3v) is 9.22. The van der Waals surface area contributed by atoms with E-state index in [2.05, 4.69) is 5.32 Å². The van der Waals surface area contributed by atoms with Crippen molar-refractivity contribution in [1.82, 2.24) is 10.2 Å². The van der Waals surface area contributed by atoms with Crippen LogP contribution in [-0.4, -0.2) is 58.5 Å². The summed E-state index contributed by atoms with van der Waals surface area (Å²) in [6, 6.07) is 24.7. The Morgan fingerprint density at radius 2 is 1.50 bits per heavy atom. The van der Waals surface area contributed by atoms with Crippen LogP contribution >= 0.6 is 0 Å². The fourth-order valence-corrected chi connectivity index (χ4v) is 6.38. The van der Waals surface area contributed by atoms with E-state index in [1.165, 1.54) is 67.7 Å². The van der Waals surface area contributed by atoms with Gasteiger partial charge >= 0.3 is 0 Å². The van der Waals surface area contributed by atoms with Crippen LogP contribution in [0.5, 0.6) is 11.5 Å². The molecule has 4 aromatic rings. The van der Waals surface area contributed by atoms with Crippen molar-refractivity contribution in [3.05, 3.63) is 120 Å². The Balaban J connectivity index is 1.83. The monoisotopic (exact) mass is 647 g/mol. The van der Waals surface area contributed by atoms with Crippen LogP contribution in [0.25, 0.3) is 0 Å². The largest absolute Gasteiger partial charge is 0.493 e. The minimum absolute atomic E-state index is 0.0182. The molecule has 242 valence electrons. The Bertz CT molecular complexity index is 1730. The average Bonchev–Trinajstić information content (AvgIpc) is 3.06. The second-order valence-corrected chi connectivity index (χ2v) is 12.5. The lowest BCUT2D eigenvalue weighted by molar-refractivity contribution is -0.140. The van der Waals surface area contributed by atoms with E-state index in [1.807, 2.05) is 37.3 Å². The number of ether oxygens (including phenoxy) is 2. The van der Waals surface area contributed by atoms with Crippen molar-refractivity contribution in [3.8, 4) is 11.5 Å². The summed E-state index contributed by atoms with van der Waals surface area (Å²) in [5.41, 5.74) is 2.39. The maximum atomic E-state index is 14.5. The van der Waals surface area contributed by atoms with Crippen molar-refractivity contribution in [2.24, 2.45) is 0 Å². The molecular formula is C35H38FN3O6S. The van der Waals surface area contributed by atoms with E-state index in [1.54, 1.807) is 25.1 Å². The van der Waals surface area contributed by atoms with E-state index >= 15 is 0 Å². The van der Waals surface area contributed by atoms with E-state index in [0.717, 1.165) is 15.4 Å². The van der Waals surface area contributed by atoms with Gasteiger partial charge in [-0.25, -0.2) is 12.8 Å². The molecule has 2 amide bonds. The van der Waals surface area contributed by atoms with E-state index in [4.69, 9.17) is 9.47 Å². The summed E-state index contributed by atoms with van der Waals surface area (Å²) in [5, 5.41) is 2.82. The summed E-state index contributed by atoms with van der Waals surface area (Å²) in [6.07, 6.45) is 0.167. The van der Waals surface area contributed by atoms with Crippen molar-refractivity contribution in [2.75, 3.05) is 31.6 Å². The topological polar surface area (TPSA) is 105 Å². The number of hydrogen-bond donors (Lipinski definition) is 1. The number of amides is 2. The van der Waals surface area contributed by atoms with E-state index < -0.39 is 40.2 Å². The van der Waals surface area contributed by atoms with Crippen LogP contribution < -0.4 is 19.1 Å². The summed E-state index contributed by atoms with van der Waals surface area (Å²) in [7, 11) is -1.41. The molecule has 0 saturated heterocycles. The molecule has 0 aliphatic carbocycles. The zero-order valence-electron chi connectivity index (χ0n) is 26.3. The maximum absolute atomic E-state index is 14.5. The Kier molecular flexibility index (Phi) is 11.4. The minimum Gasteiger partial charge on any atom is -0.493 e. The summed E-state index contributed by atoms with van der Waals surface area (Å²) in [5.74, 6) is -0.843. The van der Waals surface area contributed by atoms with Crippen LogP contribution in [0.4, 0.5) is 10.1 Å². The van der Waals surface area contributed by atoms with Gasteiger partial charge in [-0.3, -0.25) is 13.9 Å². The van der Waals surface area contributed by atoms with Gasteiger partial charge in [0.05, 0.1) is 24.8 Å². The summed E-state index contributed by atoms with van der Waals surface area (Å²) >= 11 is 0. The van der Waals surface area contributed by atoms with Crippen molar-refractivity contribution >= 4 is 27.5 Å². The van der Waals surface area contributed by atoms with Crippen LogP contribution in [0.2, 0.25) is 0 Å². The van der Waals surface area contributed by atoms with Crippen LogP contribution in [0.1, 0.15) is 23.6 Å². The van der Waals surface area contributed by atoms with Gasteiger partial charge in [0.15, 0.2) is 11.5 Å². The molecule has 4 aromatic carbocycles. The normalized spacial score (nSPS) is 11.8. The van der Waals surface area contributed by atoms with Crippen molar-refractivity contribution < 1.29 is 31.9 Å². The number of aryl methyl sites for hydroxylation is 1.